The Morgan fingerprint density at radius 3 is 1.92 bits per heavy atom. The van der Waals surface area contributed by atoms with E-state index >= 15 is 0 Å². The van der Waals surface area contributed by atoms with Gasteiger partial charge in [0.1, 0.15) is 0 Å². The van der Waals surface area contributed by atoms with Gasteiger partial charge in [-0.05, 0) is 84.3 Å². The SMILES string of the molecule is CC1(C)c2ccccc2-c2ccc(-c3cccc(-c4cccc(BOC(C)(C)C(C)(C)O)c4)c3)cc21. The van der Waals surface area contributed by atoms with Gasteiger partial charge in [0.25, 0.3) is 0 Å². The highest BCUT2D eigenvalue weighted by Crippen LogP contribution is 2.49. The van der Waals surface area contributed by atoms with Gasteiger partial charge in [0.2, 0.25) is 0 Å². The number of aliphatic hydroxyl groups is 1. The van der Waals surface area contributed by atoms with Crippen LogP contribution < -0.4 is 5.46 Å². The van der Waals surface area contributed by atoms with Crippen LogP contribution in [0.1, 0.15) is 52.7 Å². The first kappa shape index (κ1) is 24.6. The van der Waals surface area contributed by atoms with Gasteiger partial charge in [0.15, 0.2) is 0 Å². The molecule has 0 unspecified atom stereocenters. The summed E-state index contributed by atoms with van der Waals surface area (Å²) in [6.45, 7) is 12.1. The van der Waals surface area contributed by atoms with Crippen molar-refractivity contribution in [3.05, 3.63) is 102 Å². The Bertz CT molecular complexity index is 1430. The minimum atomic E-state index is -0.926. The van der Waals surface area contributed by atoms with Gasteiger partial charge in [-0.3, -0.25) is 0 Å². The van der Waals surface area contributed by atoms with Crippen LogP contribution in [0.5, 0.6) is 0 Å². The van der Waals surface area contributed by atoms with Gasteiger partial charge in [-0.2, -0.15) is 0 Å². The Balaban J connectivity index is 1.44. The van der Waals surface area contributed by atoms with Gasteiger partial charge in [-0.15, -0.1) is 0 Å². The van der Waals surface area contributed by atoms with Crippen LogP contribution in [-0.4, -0.2) is 23.8 Å². The molecule has 1 aliphatic rings. The van der Waals surface area contributed by atoms with Crippen LogP contribution in [0.3, 0.4) is 0 Å². The zero-order chi connectivity index (χ0) is 25.7. The molecule has 0 aliphatic heterocycles. The van der Waals surface area contributed by atoms with Crippen LogP contribution in [0.2, 0.25) is 0 Å². The quantitative estimate of drug-likeness (QED) is 0.309. The molecule has 2 nitrogen and oxygen atoms in total. The van der Waals surface area contributed by atoms with E-state index in [9.17, 15) is 5.11 Å². The molecular formula is C33H35BO2. The fourth-order valence-corrected chi connectivity index (χ4v) is 5.04. The van der Waals surface area contributed by atoms with Crippen molar-refractivity contribution in [1.29, 1.82) is 0 Å². The second-order valence-electron chi connectivity index (χ2n) is 11.6. The standard InChI is InChI=1S/C33H35BO2/c1-31(2)29-16-8-7-15-27(29)28-18-17-25(21-30(28)31)23-12-9-11-22(19-23)24-13-10-14-26(20-24)34-36-33(5,6)32(3,4)35/h7-21,34-35H,1-6H3. The second-order valence-corrected chi connectivity index (χ2v) is 11.6. The monoisotopic (exact) mass is 474 g/mol. The van der Waals surface area contributed by atoms with Crippen molar-refractivity contribution in [3.63, 3.8) is 0 Å². The normalized spacial score (nSPS) is 14.3. The van der Waals surface area contributed by atoms with Crippen LogP contribution in [0.25, 0.3) is 33.4 Å². The molecule has 0 aromatic heterocycles. The second kappa shape index (κ2) is 8.76. The van der Waals surface area contributed by atoms with Crippen molar-refractivity contribution in [3.8, 4) is 33.4 Å². The molecule has 1 aliphatic carbocycles. The number of hydrogen-bond acceptors (Lipinski definition) is 2. The van der Waals surface area contributed by atoms with Crippen LogP contribution in [0, 0.1) is 0 Å². The molecule has 0 amide bonds. The molecule has 0 saturated carbocycles. The van der Waals surface area contributed by atoms with E-state index in [1.165, 1.54) is 38.9 Å². The van der Waals surface area contributed by atoms with Crippen LogP contribution in [0.4, 0.5) is 0 Å². The molecule has 0 saturated heterocycles. The highest BCUT2D eigenvalue weighted by molar-refractivity contribution is 6.47. The smallest absolute Gasteiger partial charge is 0.309 e. The first-order valence-corrected chi connectivity index (χ1v) is 12.8. The molecule has 0 fully saturated rings. The van der Waals surface area contributed by atoms with Gasteiger partial charge in [-0.1, -0.05) is 98.2 Å². The summed E-state index contributed by atoms with van der Waals surface area (Å²) in [6.07, 6.45) is 0. The minimum absolute atomic E-state index is 0.00914. The Hall–Kier alpha value is -3.14. The van der Waals surface area contributed by atoms with Crippen molar-refractivity contribution in [2.45, 2.75) is 58.2 Å². The van der Waals surface area contributed by atoms with E-state index < -0.39 is 11.2 Å². The summed E-state index contributed by atoms with van der Waals surface area (Å²) in [7, 11) is 0.449. The molecule has 36 heavy (non-hydrogen) atoms. The fraction of sp³-hybridized carbons (Fsp3) is 0.273. The molecule has 4 aromatic carbocycles. The van der Waals surface area contributed by atoms with Gasteiger partial charge >= 0.3 is 7.48 Å². The highest BCUT2D eigenvalue weighted by atomic mass is 16.5. The number of hydrogen-bond donors (Lipinski definition) is 1. The molecule has 0 radical (unpaired) electrons. The van der Waals surface area contributed by atoms with Crippen LogP contribution in [0.15, 0.2) is 91.0 Å². The van der Waals surface area contributed by atoms with Crippen molar-refractivity contribution < 1.29 is 9.76 Å². The van der Waals surface area contributed by atoms with Crippen molar-refractivity contribution in [1.82, 2.24) is 0 Å². The van der Waals surface area contributed by atoms with E-state index in [2.05, 4.69) is 105 Å². The molecule has 0 bridgehead atoms. The van der Waals surface area contributed by atoms with E-state index in [1.54, 1.807) is 13.8 Å². The maximum Gasteiger partial charge on any atom is 0.309 e. The van der Waals surface area contributed by atoms with Crippen LogP contribution in [-0.2, 0) is 10.1 Å². The Morgan fingerprint density at radius 1 is 0.639 bits per heavy atom. The minimum Gasteiger partial charge on any atom is -0.427 e. The first-order chi connectivity index (χ1) is 17.0. The molecule has 0 atom stereocenters. The van der Waals surface area contributed by atoms with E-state index in [0.717, 1.165) is 11.0 Å². The van der Waals surface area contributed by atoms with E-state index in [4.69, 9.17) is 4.65 Å². The van der Waals surface area contributed by atoms with Gasteiger partial charge in [-0.25, -0.2) is 0 Å². The lowest BCUT2D eigenvalue weighted by Crippen LogP contribution is -2.49. The molecule has 1 N–H and O–H groups in total. The molecule has 0 heterocycles. The Labute approximate surface area is 216 Å². The maximum atomic E-state index is 10.4. The van der Waals surface area contributed by atoms with Crippen molar-refractivity contribution >= 4 is 12.9 Å². The van der Waals surface area contributed by atoms with Gasteiger partial charge in [0, 0.05) is 5.41 Å². The third-order valence-corrected chi connectivity index (χ3v) is 8.11. The zero-order valence-electron chi connectivity index (χ0n) is 22.2. The first-order valence-electron chi connectivity index (χ1n) is 12.8. The zero-order valence-corrected chi connectivity index (χ0v) is 22.2. The lowest BCUT2D eigenvalue weighted by Gasteiger charge is -2.37. The molecule has 4 aromatic rings. The third-order valence-electron chi connectivity index (χ3n) is 8.11. The predicted molar refractivity (Wildman–Crippen MR) is 153 cm³/mol. The third kappa shape index (κ3) is 4.32. The van der Waals surface area contributed by atoms with E-state index in [1.807, 2.05) is 13.8 Å². The Kier molecular flexibility index (Phi) is 5.98. The summed E-state index contributed by atoms with van der Waals surface area (Å²) in [5.41, 5.74) is 9.79. The lowest BCUT2D eigenvalue weighted by atomic mass is 9.81. The van der Waals surface area contributed by atoms with Crippen molar-refractivity contribution in [2.24, 2.45) is 0 Å². The number of fused-ring (bicyclic) bond motifs is 3. The molecule has 182 valence electrons. The van der Waals surface area contributed by atoms with Crippen molar-refractivity contribution in [2.75, 3.05) is 0 Å². The van der Waals surface area contributed by atoms with Gasteiger partial charge in [0.05, 0.1) is 11.2 Å². The molecule has 0 spiro atoms. The molecular weight excluding hydrogens is 439 g/mol. The summed E-state index contributed by atoms with van der Waals surface area (Å²) in [6, 6.07) is 32.9. The fourth-order valence-electron chi connectivity index (χ4n) is 5.04. The summed E-state index contributed by atoms with van der Waals surface area (Å²) in [5, 5.41) is 10.4. The summed E-state index contributed by atoms with van der Waals surface area (Å²) >= 11 is 0. The largest absolute Gasteiger partial charge is 0.427 e. The Morgan fingerprint density at radius 2 is 1.22 bits per heavy atom. The maximum absolute atomic E-state index is 10.4. The summed E-state index contributed by atoms with van der Waals surface area (Å²) in [5.74, 6) is 0. The number of rotatable bonds is 6. The van der Waals surface area contributed by atoms with Crippen LogP contribution >= 0.6 is 0 Å². The van der Waals surface area contributed by atoms with E-state index in [-0.39, 0.29) is 5.41 Å². The topological polar surface area (TPSA) is 29.5 Å². The van der Waals surface area contributed by atoms with Gasteiger partial charge < -0.3 is 9.76 Å². The van der Waals surface area contributed by atoms with E-state index in [0.29, 0.717) is 7.48 Å². The summed E-state index contributed by atoms with van der Waals surface area (Å²) in [4.78, 5) is 0. The number of benzene rings is 4. The molecule has 5 rings (SSSR count). The predicted octanol–water partition coefficient (Wildman–Crippen LogP) is 6.87. The average Bonchev–Trinajstić information content (AvgIpc) is 3.09. The molecule has 3 heteroatoms. The summed E-state index contributed by atoms with van der Waals surface area (Å²) < 4.78 is 6.10. The average molecular weight is 474 g/mol. The lowest BCUT2D eigenvalue weighted by molar-refractivity contribution is -0.0893. The highest BCUT2D eigenvalue weighted by Gasteiger charge is 2.36.